The summed E-state index contributed by atoms with van der Waals surface area (Å²) in [5.41, 5.74) is 1.55. The van der Waals surface area contributed by atoms with Crippen molar-refractivity contribution in [2.45, 2.75) is 24.7 Å². The highest BCUT2D eigenvalue weighted by Crippen LogP contribution is 2.38. The third-order valence-corrected chi connectivity index (χ3v) is 7.09. The number of carbonyl (C=O) groups is 4. The second-order valence-corrected chi connectivity index (χ2v) is 9.96. The lowest BCUT2D eigenvalue weighted by atomic mass is 10.2. The van der Waals surface area contributed by atoms with Gasteiger partial charge in [-0.15, -0.1) is 0 Å². The molecule has 3 aromatic rings. The molecule has 0 aromatic heterocycles. The SMILES string of the molecule is CCCCOC(=O)c1ccc(N2C(=O)C(Nc3ccc(C(=O)OC)cc3)=C(Sc3ccc(Cl)cc3)C2=O)cc1. The van der Waals surface area contributed by atoms with Crippen LogP contribution >= 0.6 is 23.4 Å². The molecule has 0 saturated heterocycles. The first-order valence-electron chi connectivity index (χ1n) is 12.1. The van der Waals surface area contributed by atoms with Gasteiger partial charge in [-0.2, -0.15) is 0 Å². The number of imide groups is 1. The highest BCUT2D eigenvalue weighted by molar-refractivity contribution is 8.04. The van der Waals surface area contributed by atoms with E-state index in [1.54, 1.807) is 48.5 Å². The van der Waals surface area contributed by atoms with Crippen LogP contribution in [0.2, 0.25) is 5.02 Å². The van der Waals surface area contributed by atoms with E-state index < -0.39 is 23.8 Å². The number of nitrogens with one attached hydrogen (secondary N) is 1. The Labute approximate surface area is 234 Å². The number of ether oxygens (including phenoxy) is 2. The fraction of sp³-hybridized carbons (Fsp3) is 0.172. The molecule has 0 unspecified atom stereocenters. The largest absolute Gasteiger partial charge is 0.465 e. The standard InChI is InChI=1S/C29H25ClN2O6S/c1-3-4-17-38-29(36)19-7-13-22(14-8-19)32-26(33)24(31-21-11-5-18(6-12-21)28(35)37-2)25(27(32)34)39-23-15-9-20(30)10-16-23/h5-16,31H,3-4,17H2,1-2H3. The summed E-state index contributed by atoms with van der Waals surface area (Å²) in [5.74, 6) is -2.04. The van der Waals surface area contributed by atoms with Crippen molar-refractivity contribution >= 4 is 58.5 Å². The number of nitrogens with zero attached hydrogens (tertiary/aromatic N) is 1. The Hall–Kier alpha value is -4.08. The Kier molecular flexibility index (Phi) is 9.06. The Bertz CT molecular complexity index is 1420. The molecule has 0 aliphatic carbocycles. The van der Waals surface area contributed by atoms with Gasteiger partial charge in [0.1, 0.15) is 10.6 Å². The number of rotatable bonds is 10. The van der Waals surface area contributed by atoms with Crippen molar-refractivity contribution in [1.29, 1.82) is 0 Å². The Balaban J connectivity index is 1.62. The molecule has 3 aromatic carbocycles. The molecular weight excluding hydrogens is 540 g/mol. The molecule has 0 fully saturated rings. The summed E-state index contributed by atoms with van der Waals surface area (Å²) in [6, 6.07) is 19.3. The van der Waals surface area contributed by atoms with E-state index in [4.69, 9.17) is 21.1 Å². The van der Waals surface area contributed by atoms with Crippen LogP contribution in [0.25, 0.3) is 0 Å². The zero-order valence-electron chi connectivity index (χ0n) is 21.2. The third-order valence-electron chi connectivity index (χ3n) is 5.74. The Morgan fingerprint density at radius 2 is 1.49 bits per heavy atom. The molecule has 8 nitrogen and oxygen atoms in total. The minimum atomic E-state index is -0.563. The number of hydrogen-bond donors (Lipinski definition) is 1. The summed E-state index contributed by atoms with van der Waals surface area (Å²) in [6.07, 6.45) is 1.67. The van der Waals surface area contributed by atoms with Gasteiger partial charge in [-0.1, -0.05) is 36.7 Å². The summed E-state index contributed by atoms with van der Waals surface area (Å²) >= 11 is 7.13. The topological polar surface area (TPSA) is 102 Å². The lowest BCUT2D eigenvalue weighted by Crippen LogP contribution is -2.32. The van der Waals surface area contributed by atoms with Gasteiger partial charge in [-0.25, -0.2) is 14.5 Å². The number of methoxy groups -OCH3 is 1. The molecule has 39 heavy (non-hydrogen) atoms. The van der Waals surface area contributed by atoms with Crippen molar-refractivity contribution in [3.63, 3.8) is 0 Å². The van der Waals surface area contributed by atoms with Crippen LogP contribution < -0.4 is 10.2 Å². The molecule has 0 atom stereocenters. The number of carbonyl (C=O) groups excluding carboxylic acids is 4. The molecule has 1 aliphatic rings. The summed E-state index contributed by atoms with van der Waals surface area (Å²) in [5, 5.41) is 3.58. The van der Waals surface area contributed by atoms with E-state index in [0.717, 1.165) is 29.5 Å². The zero-order chi connectivity index (χ0) is 27.9. The molecule has 2 amide bonds. The fourth-order valence-corrected chi connectivity index (χ4v) is 4.71. The van der Waals surface area contributed by atoms with Crippen molar-refractivity contribution in [2.75, 3.05) is 23.9 Å². The van der Waals surface area contributed by atoms with E-state index in [1.807, 2.05) is 6.92 Å². The predicted octanol–water partition coefficient (Wildman–Crippen LogP) is 6.07. The molecule has 0 bridgehead atoms. The monoisotopic (exact) mass is 564 g/mol. The molecule has 4 rings (SSSR count). The van der Waals surface area contributed by atoms with Gasteiger partial charge >= 0.3 is 11.9 Å². The molecule has 1 N–H and O–H groups in total. The highest BCUT2D eigenvalue weighted by atomic mass is 35.5. The maximum absolute atomic E-state index is 13.6. The first kappa shape index (κ1) is 27.9. The van der Waals surface area contributed by atoms with Crippen molar-refractivity contribution < 1.29 is 28.7 Å². The van der Waals surface area contributed by atoms with Gasteiger partial charge in [-0.05, 0) is 79.2 Å². The minimum absolute atomic E-state index is 0.0776. The normalized spacial score (nSPS) is 13.1. The van der Waals surface area contributed by atoms with Crippen LogP contribution in [0.15, 0.2) is 88.3 Å². The van der Waals surface area contributed by atoms with E-state index in [0.29, 0.717) is 39.0 Å². The number of unbranched alkanes of at least 4 members (excludes halogenated alkanes) is 1. The van der Waals surface area contributed by atoms with Crippen LogP contribution in [0.5, 0.6) is 0 Å². The smallest absolute Gasteiger partial charge is 0.338 e. The molecule has 1 heterocycles. The fourth-order valence-electron chi connectivity index (χ4n) is 3.66. The van der Waals surface area contributed by atoms with Crippen LogP contribution in [0.3, 0.4) is 0 Å². The first-order chi connectivity index (χ1) is 18.8. The van der Waals surface area contributed by atoms with Crippen LogP contribution in [-0.4, -0.2) is 37.5 Å². The number of thioether (sulfide) groups is 1. The Morgan fingerprint density at radius 3 is 2.10 bits per heavy atom. The van der Waals surface area contributed by atoms with E-state index in [9.17, 15) is 19.2 Å². The van der Waals surface area contributed by atoms with Crippen molar-refractivity contribution in [2.24, 2.45) is 0 Å². The summed E-state index contributed by atoms with van der Waals surface area (Å²) in [4.78, 5) is 53.1. The van der Waals surface area contributed by atoms with Gasteiger partial charge in [0.25, 0.3) is 11.8 Å². The van der Waals surface area contributed by atoms with Crippen LogP contribution in [0.1, 0.15) is 40.5 Å². The van der Waals surface area contributed by atoms with Gasteiger partial charge in [0.15, 0.2) is 0 Å². The summed E-state index contributed by atoms with van der Waals surface area (Å²) in [7, 11) is 1.29. The number of benzene rings is 3. The summed E-state index contributed by atoms with van der Waals surface area (Å²) < 4.78 is 9.96. The van der Waals surface area contributed by atoms with E-state index in [1.165, 1.54) is 31.4 Å². The molecule has 10 heteroatoms. The van der Waals surface area contributed by atoms with Crippen molar-refractivity contribution in [1.82, 2.24) is 0 Å². The number of hydrogen-bond acceptors (Lipinski definition) is 8. The molecule has 1 aliphatic heterocycles. The maximum Gasteiger partial charge on any atom is 0.338 e. The average molecular weight is 565 g/mol. The maximum atomic E-state index is 13.6. The van der Waals surface area contributed by atoms with Gasteiger partial charge in [0.05, 0.1) is 30.5 Å². The second kappa shape index (κ2) is 12.6. The lowest BCUT2D eigenvalue weighted by Gasteiger charge is -2.16. The lowest BCUT2D eigenvalue weighted by molar-refractivity contribution is -0.120. The molecule has 0 radical (unpaired) electrons. The molecule has 0 saturated carbocycles. The van der Waals surface area contributed by atoms with Crippen LogP contribution in [0, 0.1) is 0 Å². The number of halogens is 1. The quantitative estimate of drug-likeness (QED) is 0.180. The second-order valence-electron chi connectivity index (χ2n) is 8.44. The van der Waals surface area contributed by atoms with Gasteiger partial charge < -0.3 is 14.8 Å². The van der Waals surface area contributed by atoms with Crippen molar-refractivity contribution in [3.05, 3.63) is 99.5 Å². The molecule has 200 valence electrons. The summed E-state index contributed by atoms with van der Waals surface area (Å²) in [6.45, 7) is 2.33. The molecular formula is C29H25ClN2O6S. The number of esters is 2. The predicted molar refractivity (Wildman–Crippen MR) is 150 cm³/mol. The first-order valence-corrected chi connectivity index (χ1v) is 13.3. The van der Waals surface area contributed by atoms with Gasteiger partial charge in [0.2, 0.25) is 0 Å². The Morgan fingerprint density at radius 1 is 0.872 bits per heavy atom. The highest BCUT2D eigenvalue weighted by Gasteiger charge is 2.40. The van der Waals surface area contributed by atoms with Gasteiger partial charge in [-0.3, -0.25) is 9.59 Å². The number of amides is 2. The zero-order valence-corrected chi connectivity index (χ0v) is 22.8. The van der Waals surface area contributed by atoms with Gasteiger partial charge in [0, 0.05) is 15.6 Å². The minimum Gasteiger partial charge on any atom is -0.465 e. The third kappa shape index (κ3) is 6.50. The van der Waals surface area contributed by atoms with Crippen LogP contribution in [0.4, 0.5) is 11.4 Å². The van der Waals surface area contributed by atoms with E-state index >= 15 is 0 Å². The van der Waals surface area contributed by atoms with Crippen LogP contribution in [-0.2, 0) is 19.1 Å². The number of anilines is 2. The average Bonchev–Trinajstić information content (AvgIpc) is 3.18. The van der Waals surface area contributed by atoms with Crippen molar-refractivity contribution in [3.8, 4) is 0 Å². The van der Waals surface area contributed by atoms with E-state index in [2.05, 4.69) is 5.32 Å². The molecule has 0 spiro atoms. The van der Waals surface area contributed by atoms with E-state index in [-0.39, 0.29) is 10.6 Å².